The molecule has 1 aromatic rings. The van der Waals surface area contributed by atoms with E-state index in [-0.39, 0.29) is 5.82 Å². The fraction of sp³-hybridized carbons (Fsp3) is 0.538. The molecule has 3 N–H and O–H groups in total. The highest BCUT2D eigenvalue weighted by Crippen LogP contribution is 2.39. The number of nitrogen functional groups attached to an aromatic ring is 1. The lowest BCUT2D eigenvalue weighted by atomic mass is 9.92. The largest absolute Gasteiger partial charge is 0.397 e. The average Bonchev–Trinajstić information content (AvgIpc) is 2.54. The summed E-state index contributed by atoms with van der Waals surface area (Å²) in [5.41, 5.74) is 7.54. The molecule has 0 radical (unpaired) electrons. The summed E-state index contributed by atoms with van der Waals surface area (Å²) in [5, 5.41) is 3.35. The van der Waals surface area contributed by atoms with Gasteiger partial charge in [0.1, 0.15) is 5.82 Å². The van der Waals surface area contributed by atoms with E-state index in [9.17, 15) is 4.39 Å². The van der Waals surface area contributed by atoms with Gasteiger partial charge >= 0.3 is 0 Å². The topological polar surface area (TPSA) is 38.0 Å². The Hall–Kier alpha value is -0.770. The molecule has 1 saturated carbocycles. The smallest absolute Gasteiger partial charge is 0.139 e. The zero-order chi connectivity index (χ0) is 12.6. The maximum Gasteiger partial charge on any atom is 0.139 e. The second-order valence-electron chi connectivity index (χ2n) is 5.60. The number of hydrogen-bond acceptors (Lipinski definition) is 2. The van der Waals surface area contributed by atoms with Crippen LogP contribution < -0.4 is 11.1 Å². The number of rotatable bonds is 2. The first-order valence-electron chi connectivity index (χ1n) is 5.88. The van der Waals surface area contributed by atoms with Gasteiger partial charge in [-0.05, 0) is 46.7 Å². The van der Waals surface area contributed by atoms with Crippen molar-refractivity contribution in [1.29, 1.82) is 0 Å². The molecule has 0 spiro atoms. The Bertz CT molecular complexity index is 432. The van der Waals surface area contributed by atoms with E-state index in [0.717, 1.165) is 12.8 Å². The second kappa shape index (κ2) is 4.48. The van der Waals surface area contributed by atoms with Gasteiger partial charge in [0.25, 0.3) is 0 Å². The van der Waals surface area contributed by atoms with Crippen molar-refractivity contribution in [3.8, 4) is 0 Å². The van der Waals surface area contributed by atoms with Gasteiger partial charge in [0.05, 0.1) is 15.8 Å². The van der Waals surface area contributed by atoms with Crippen molar-refractivity contribution in [1.82, 2.24) is 0 Å². The first-order chi connectivity index (χ1) is 7.87. The van der Waals surface area contributed by atoms with E-state index >= 15 is 0 Å². The number of benzene rings is 1. The third kappa shape index (κ3) is 2.92. The monoisotopic (exact) mass is 300 g/mol. The van der Waals surface area contributed by atoms with E-state index in [1.807, 2.05) is 0 Å². The molecule has 0 amide bonds. The van der Waals surface area contributed by atoms with Crippen LogP contribution in [-0.4, -0.2) is 6.04 Å². The van der Waals surface area contributed by atoms with Gasteiger partial charge in [0.2, 0.25) is 0 Å². The van der Waals surface area contributed by atoms with Crippen molar-refractivity contribution in [2.75, 3.05) is 11.1 Å². The van der Waals surface area contributed by atoms with E-state index in [1.54, 1.807) is 6.07 Å². The van der Waals surface area contributed by atoms with Crippen LogP contribution in [-0.2, 0) is 0 Å². The van der Waals surface area contributed by atoms with Crippen molar-refractivity contribution >= 4 is 27.3 Å². The Morgan fingerprint density at radius 1 is 1.47 bits per heavy atom. The van der Waals surface area contributed by atoms with E-state index in [4.69, 9.17) is 5.73 Å². The van der Waals surface area contributed by atoms with E-state index in [1.165, 1.54) is 12.5 Å². The van der Waals surface area contributed by atoms with Crippen molar-refractivity contribution < 1.29 is 4.39 Å². The summed E-state index contributed by atoms with van der Waals surface area (Å²) >= 11 is 3.13. The van der Waals surface area contributed by atoms with Crippen LogP contribution in [0.1, 0.15) is 33.1 Å². The summed E-state index contributed by atoms with van der Waals surface area (Å²) in [6, 6.07) is 3.47. The van der Waals surface area contributed by atoms with Crippen LogP contribution in [0.4, 0.5) is 15.8 Å². The Labute approximate surface area is 110 Å². The molecule has 2 nitrogen and oxygen atoms in total. The van der Waals surface area contributed by atoms with Gasteiger partial charge in [-0.15, -0.1) is 0 Å². The Morgan fingerprint density at radius 3 is 2.76 bits per heavy atom. The average molecular weight is 301 g/mol. The third-order valence-electron chi connectivity index (χ3n) is 3.42. The van der Waals surface area contributed by atoms with Crippen molar-refractivity contribution in [2.24, 2.45) is 5.41 Å². The number of nitrogens with one attached hydrogen (secondary N) is 1. The summed E-state index contributed by atoms with van der Waals surface area (Å²) in [6.07, 6.45) is 3.41. The normalized spacial score (nSPS) is 22.7. The quantitative estimate of drug-likeness (QED) is 0.805. The van der Waals surface area contributed by atoms with E-state index in [0.29, 0.717) is 27.3 Å². The Kier molecular flexibility index (Phi) is 3.34. The maximum absolute atomic E-state index is 13.4. The molecular formula is C13H18BrFN2. The van der Waals surface area contributed by atoms with Crippen LogP contribution in [0, 0.1) is 11.2 Å². The van der Waals surface area contributed by atoms with Crippen molar-refractivity contribution in [3.63, 3.8) is 0 Å². The Balaban J connectivity index is 2.12. The highest BCUT2D eigenvalue weighted by molar-refractivity contribution is 9.10. The zero-order valence-corrected chi connectivity index (χ0v) is 11.8. The molecule has 1 unspecified atom stereocenters. The molecule has 0 saturated heterocycles. The molecule has 0 aromatic heterocycles. The van der Waals surface area contributed by atoms with Crippen LogP contribution in [0.25, 0.3) is 0 Å². The minimum absolute atomic E-state index is 0.279. The molecule has 1 fully saturated rings. The molecule has 0 heterocycles. The predicted molar refractivity (Wildman–Crippen MR) is 73.6 cm³/mol. The van der Waals surface area contributed by atoms with Crippen LogP contribution in [0.2, 0.25) is 0 Å². The van der Waals surface area contributed by atoms with Gasteiger partial charge in [-0.1, -0.05) is 13.8 Å². The fourth-order valence-corrected chi connectivity index (χ4v) is 2.83. The number of anilines is 2. The van der Waals surface area contributed by atoms with Crippen LogP contribution >= 0.6 is 15.9 Å². The third-order valence-corrected chi connectivity index (χ3v) is 4.03. The lowest BCUT2D eigenvalue weighted by molar-refractivity contribution is 0.378. The molecule has 1 atom stereocenters. The minimum atomic E-state index is -0.279. The van der Waals surface area contributed by atoms with Gasteiger partial charge in [0.15, 0.2) is 0 Å². The molecule has 1 aliphatic rings. The van der Waals surface area contributed by atoms with E-state index < -0.39 is 0 Å². The molecule has 17 heavy (non-hydrogen) atoms. The standard InChI is InChI=1S/C13H18BrFN2/c1-13(2)4-3-8(7-13)17-12-6-10(15)9(14)5-11(12)16/h5-6,8,17H,3-4,7,16H2,1-2H3. The van der Waals surface area contributed by atoms with Crippen LogP contribution in [0.5, 0.6) is 0 Å². The maximum atomic E-state index is 13.4. The molecule has 1 aliphatic carbocycles. The summed E-state index contributed by atoms with van der Waals surface area (Å²) in [7, 11) is 0. The first kappa shape index (κ1) is 12.7. The Morgan fingerprint density at radius 2 is 2.18 bits per heavy atom. The number of halogens is 2. The van der Waals surface area contributed by atoms with Crippen molar-refractivity contribution in [2.45, 2.75) is 39.2 Å². The molecule has 2 rings (SSSR count). The predicted octanol–water partition coefficient (Wildman–Crippen LogP) is 4.16. The van der Waals surface area contributed by atoms with Gasteiger partial charge < -0.3 is 11.1 Å². The molecule has 0 bridgehead atoms. The number of hydrogen-bond donors (Lipinski definition) is 2. The van der Waals surface area contributed by atoms with Gasteiger partial charge in [-0.25, -0.2) is 4.39 Å². The lowest BCUT2D eigenvalue weighted by Gasteiger charge is -2.19. The van der Waals surface area contributed by atoms with Gasteiger partial charge in [-0.3, -0.25) is 0 Å². The van der Waals surface area contributed by atoms with Crippen LogP contribution in [0.15, 0.2) is 16.6 Å². The molecule has 0 aliphatic heterocycles. The fourth-order valence-electron chi connectivity index (χ4n) is 2.47. The zero-order valence-electron chi connectivity index (χ0n) is 10.2. The highest BCUT2D eigenvalue weighted by Gasteiger charge is 2.31. The summed E-state index contributed by atoms with van der Waals surface area (Å²) < 4.78 is 13.9. The molecular weight excluding hydrogens is 283 g/mol. The van der Waals surface area contributed by atoms with Gasteiger partial charge in [0, 0.05) is 12.1 Å². The molecule has 4 heteroatoms. The summed E-state index contributed by atoms with van der Waals surface area (Å²) in [4.78, 5) is 0. The van der Waals surface area contributed by atoms with Crippen molar-refractivity contribution in [3.05, 3.63) is 22.4 Å². The first-order valence-corrected chi connectivity index (χ1v) is 6.68. The SMILES string of the molecule is CC1(C)CCC(Nc2cc(F)c(Br)cc2N)C1. The van der Waals surface area contributed by atoms with Gasteiger partial charge in [-0.2, -0.15) is 0 Å². The second-order valence-corrected chi connectivity index (χ2v) is 6.46. The minimum Gasteiger partial charge on any atom is -0.397 e. The summed E-state index contributed by atoms with van der Waals surface area (Å²) in [5.74, 6) is -0.279. The molecule has 1 aromatic carbocycles. The molecule has 94 valence electrons. The highest BCUT2D eigenvalue weighted by atomic mass is 79.9. The number of nitrogens with two attached hydrogens (primary N) is 1. The summed E-state index contributed by atoms with van der Waals surface area (Å²) in [6.45, 7) is 4.53. The van der Waals surface area contributed by atoms with E-state index in [2.05, 4.69) is 35.1 Å². The van der Waals surface area contributed by atoms with Crippen LogP contribution in [0.3, 0.4) is 0 Å². The lowest BCUT2D eigenvalue weighted by Crippen LogP contribution is -2.18.